The van der Waals surface area contributed by atoms with Crippen LogP contribution in [0.25, 0.3) is 0 Å². The number of nitrogens with one attached hydrogen (secondary N) is 2. The molecule has 1 rings (SSSR count). The van der Waals surface area contributed by atoms with Crippen molar-refractivity contribution >= 4 is 11.7 Å². The molecule has 90 valence electrons. The molecule has 1 aromatic rings. The van der Waals surface area contributed by atoms with Gasteiger partial charge in [-0.1, -0.05) is 0 Å². The van der Waals surface area contributed by atoms with Crippen molar-refractivity contribution in [2.75, 3.05) is 5.32 Å². The van der Waals surface area contributed by atoms with E-state index in [4.69, 9.17) is 0 Å². The van der Waals surface area contributed by atoms with Crippen molar-refractivity contribution in [1.29, 1.82) is 0 Å². The van der Waals surface area contributed by atoms with Gasteiger partial charge < -0.3 is 10.6 Å². The van der Waals surface area contributed by atoms with E-state index in [-0.39, 0.29) is 11.6 Å². The molecule has 16 heavy (non-hydrogen) atoms. The molecule has 1 aromatic heterocycles. The highest BCUT2D eigenvalue weighted by Gasteiger charge is 2.14. The van der Waals surface area contributed by atoms with Crippen molar-refractivity contribution in [2.24, 2.45) is 0 Å². The number of nitrogens with zero attached hydrogens (tertiary/aromatic N) is 2. The van der Waals surface area contributed by atoms with E-state index < -0.39 is 0 Å². The highest BCUT2D eigenvalue weighted by atomic mass is 16.2. The van der Waals surface area contributed by atoms with Crippen LogP contribution in [0.15, 0.2) is 12.4 Å². The molecule has 0 unspecified atom stereocenters. The van der Waals surface area contributed by atoms with Crippen LogP contribution in [0.1, 0.15) is 40.7 Å². The van der Waals surface area contributed by atoms with E-state index >= 15 is 0 Å². The SMILES string of the molecule is CC(C)n1cc(NC(=O)NC(C)(C)C)cn1. The first-order valence-corrected chi connectivity index (χ1v) is 5.41. The molecule has 0 bridgehead atoms. The van der Waals surface area contributed by atoms with Crippen molar-refractivity contribution in [3.63, 3.8) is 0 Å². The van der Waals surface area contributed by atoms with E-state index in [1.807, 2.05) is 40.8 Å². The predicted molar refractivity (Wildman–Crippen MR) is 64.5 cm³/mol. The monoisotopic (exact) mass is 224 g/mol. The summed E-state index contributed by atoms with van der Waals surface area (Å²) in [5.41, 5.74) is 0.466. The summed E-state index contributed by atoms with van der Waals surface area (Å²) in [5, 5.41) is 9.70. The van der Waals surface area contributed by atoms with Gasteiger partial charge in [0, 0.05) is 17.8 Å². The summed E-state index contributed by atoms with van der Waals surface area (Å²) in [7, 11) is 0. The molecule has 0 aliphatic rings. The second-order valence-corrected chi connectivity index (χ2v) is 5.13. The maximum Gasteiger partial charge on any atom is 0.319 e. The quantitative estimate of drug-likeness (QED) is 0.810. The Labute approximate surface area is 96.2 Å². The number of urea groups is 1. The van der Waals surface area contributed by atoms with Crippen LogP contribution in [0.2, 0.25) is 0 Å². The van der Waals surface area contributed by atoms with Crippen molar-refractivity contribution in [3.8, 4) is 0 Å². The van der Waals surface area contributed by atoms with Gasteiger partial charge in [0.2, 0.25) is 0 Å². The standard InChI is InChI=1S/C11H20N4O/c1-8(2)15-7-9(6-12-15)13-10(16)14-11(3,4)5/h6-8H,1-5H3,(H2,13,14,16). The molecule has 0 spiro atoms. The van der Waals surface area contributed by atoms with Gasteiger partial charge in [0.05, 0.1) is 11.9 Å². The Kier molecular flexibility index (Phi) is 3.57. The highest BCUT2D eigenvalue weighted by molar-refractivity contribution is 5.89. The van der Waals surface area contributed by atoms with E-state index in [1.165, 1.54) is 0 Å². The summed E-state index contributed by atoms with van der Waals surface area (Å²) in [6.07, 6.45) is 3.45. The molecule has 0 aromatic carbocycles. The topological polar surface area (TPSA) is 59.0 Å². The summed E-state index contributed by atoms with van der Waals surface area (Å²) >= 11 is 0. The van der Waals surface area contributed by atoms with Gasteiger partial charge in [-0.15, -0.1) is 0 Å². The zero-order chi connectivity index (χ0) is 12.3. The van der Waals surface area contributed by atoms with Crippen molar-refractivity contribution in [1.82, 2.24) is 15.1 Å². The van der Waals surface area contributed by atoms with Crippen molar-refractivity contribution in [2.45, 2.75) is 46.2 Å². The molecule has 0 aliphatic carbocycles. The van der Waals surface area contributed by atoms with Gasteiger partial charge in [0.1, 0.15) is 0 Å². The number of hydrogen-bond donors (Lipinski definition) is 2. The number of aromatic nitrogens is 2. The van der Waals surface area contributed by atoms with Gasteiger partial charge in [0.25, 0.3) is 0 Å². The van der Waals surface area contributed by atoms with E-state index in [0.29, 0.717) is 11.7 Å². The summed E-state index contributed by atoms with van der Waals surface area (Å²) in [6, 6.07) is 0.0806. The number of carbonyl (C=O) groups is 1. The maximum absolute atomic E-state index is 11.5. The van der Waals surface area contributed by atoms with Crippen molar-refractivity contribution in [3.05, 3.63) is 12.4 Å². The van der Waals surface area contributed by atoms with Crippen LogP contribution in [0, 0.1) is 0 Å². The fourth-order valence-electron chi connectivity index (χ4n) is 1.19. The Balaban J connectivity index is 2.57. The Hall–Kier alpha value is -1.52. The van der Waals surface area contributed by atoms with Crippen molar-refractivity contribution < 1.29 is 4.79 Å². The van der Waals surface area contributed by atoms with Gasteiger partial charge in [-0.05, 0) is 34.6 Å². The van der Waals surface area contributed by atoms with Crippen LogP contribution < -0.4 is 10.6 Å². The number of rotatable bonds is 2. The first kappa shape index (κ1) is 12.5. The lowest BCUT2D eigenvalue weighted by atomic mass is 10.1. The molecule has 5 nitrogen and oxygen atoms in total. The summed E-state index contributed by atoms with van der Waals surface area (Å²) < 4.78 is 1.80. The molecular weight excluding hydrogens is 204 g/mol. The Morgan fingerprint density at radius 3 is 2.50 bits per heavy atom. The van der Waals surface area contributed by atoms with E-state index in [1.54, 1.807) is 10.9 Å². The molecule has 0 saturated heterocycles. The van der Waals surface area contributed by atoms with Gasteiger partial charge in [0.15, 0.2) is 0 Å². The van der Waals surface area contributed by atoms with Gasteiger partial charge in [-0.25, -0.2) is 4.79 Å². The molecule has 0 atom stereocenters. The Morgan fingerprint density at radius 1 is 1.44 bits per heavy atom. The summed E-state index contributed by atoms with van der Waals surface area (Å²) in [6.45, 7) is 9.87. The lowest BCUT2D eigenvalue weighted by Crippen LogP contribution is -2.43. The molecule has 0 radical (unpaired) electrons. The highest BCUT2D eigenvalue weighted by Crippen LogP contribution is 2.10. The van der Waals surface area contributed by atoms with E-state index in [9.17, 15) is 4.79 Å². The predicted octanol–water partition coefficient (Wildman–Crippen LogP) is 2.38. The molecule has 0 fully saturated rings. The van der Waals surface area contributed by atoms with Crippen LogP contribution in [0.5, 0.6) is 0 Å². The largest absolute Gasteiger partial charge is 0.333 e. The van der Waals surface area contributed by atoms with Gasteiger partial charge >= 0.3 is 6.03 Å². The molecular formula is C11H20N4O. The Bertz CT molecular complexity index is 362. The number of amides is 2. The lowest BCUT2D eigenvalue weighted by Gasteiger charge is -2.20. The first-order valence-electron chi connectivity index (χ1n) is 5.41. The molecule has 2 amide bonds. The molecule has 0 saturated carbocycles. The van der Waals surface area contributed by atoms with Crippen LogP contribution in [0.3, 0.4) is 0 Å². The number of hydrogen-bond acceptors (Lipinski definition) is 2. The minimum Gasteiger partial charge on any atom is -0.333 e. The third-order valence-electron chi connectivity index (χ3n) is 1.88. The Morgan fingerprint density at radius 2 is 2.06 bits per heavy atom. The van der Waals surface area contributed by atoms with Crippen LogP contribution in [0.4, 0.5) is 10.5 Å². The minimum absolute atomic E-state index is 0.212. The zero-order valence-corrected chi connectivity index (χ0v) is 10.5. The average molecular weight is 224 g/mol. The average Bonchev–Trinajstić information content (AvgIpc) is 2.48. The van der Waals surface area contributed by atoms with E-state index in [2.05, 4.69) is 15.7 Å². The van der Waals surface area contributed by atoms with Crippen LogP contribution in [-0.4, -0.2) is 21.4 Å². The van der Waals surface area contributed by atoms with Gasteiger partial charge in [-0.3, -0.25) is 4.68 Å². The van der Waals surface area contributed by atoms with Crippen LogP contribution >= 0.6 is 0 Å². The fourth-order valence-corrected chi connectivity index (χ4v) is 1.19. The zero-order valence-electron chi connectivity index (χ0n) is 10.5. The maximum atomic E-state index is 11.5. The molecule has 0 aliphatic heterocycles. The molecule has 1 heterocycles. The van der Waals surface area contributed by atoms with Crippen LogP contribution in [-0.2, 0) is 0 Å². The second kappa shape index (κ2) is 4.55. The fraction of sp³-hybridized carbons (Fsp3) is 0.636. The third kappa shape index (κ3) is 3.92. The number of anilines is 1. The molecule has 2 N–H and O–H groups in total. The number of carbonyl (C=O) groups excluding carboxylic acids is 1. The van der Waals surface area contributed by atoms with E-state index in [0.717, 1.165) is 0 Å². The summed E-state index contributed by atoms with van der Waals surface area (Å²) in [5.74, 6) is 0. The third-order valence-corrected chi connectivity index (χ3v) is 1.88. The summed E-state index contributed by atoms with van der Waals surface area (Å²) in [4.78, 5) is 11.5. The van der Waals surface area contributed by atoms with Gasteiger partial charge in [-0.2, -0.15) is 5.10 Å². The normalized spacial score (nSPS) is 11.6. The minimum atomic E-state index is -0.238. The second-order valence-electron chi connectivity index (χ2n) is 5.13. The molecule has 5 heteroatoms. The first-order chi connectivity index (χ1) is 7.28. The lowest BCUT2D eigenvalue weighted by molar-refractivity contribution is 0.244. The smallest absolute Gasteiger partial charge is 0.319 e.